The molecule has 2 N–H and O–H groups in total. The van der Waals surface area contributed by atoms with E-state index in [0.29, 0.717) is 19.0 Å². The Kier molecular flexibility index (Phi) is 5.55. The maximum atomic E-state index is 12.4. The summed E-state index contributed by atoms with van der Waals surface area (Å²) in [7, 11) is -3.79. The molecule has 0 unspecified atom stereocenters. The molecule has 7 heteroatoms. The van der Waals surface area contributed by atoms with Gasteiger partial charge in [-0.25, -0.2) is 0 Å². The first-order valence-electron chi connectivity index (χ1n) is 7.46. The number of nitrogens with zero attached hydrogens (tertiary/aromatic N) is 1. The Morgan fingerprint density at radius 1 is 1.36 bits per heavy atom. The average Bonchev–Trinajstić information content (AvgIpc) is 3.28. The normalized spacial score (nSPS) is 16.6. The Hall–Kier alpha value is -1.44. The third-order valence-corrected chi connectivity index (χ3v) is 5.39. The van der Waals surface area contributed by atoms with Gasteiger partial charge in [0.1, 0.15) is 6.04 Å². The zero-order valence-electron chi connectivity index (χ0n) is 12.6. The van der Waals surface area contributed by atoms with Gasteiger partial charge in [-0.1, -0.05) is 37.3 Å². The largest absolute Gasteiger partial charge is 0.480 e. The zero-order chi connectivity index (χ0) is 16.2. The van der Waals surface area contributed by atoms with Crippen LogP contribution < -0.4 is 4.72 Å². The van der Waals surface area contributed by atoms with Crippen molar-refractivity contribution in [1.82, 2.24) is 9.03 Å². The number of carboxylic acid groups (broad SMARTS) is 1. The number of hydrogen-bond acceptors (Lipinski definition) is 3. The van der Waals surface area contributed by atoms with Crippen LogP contribution in [0.3, 0.4) is 0 Å². The minimum Gasteiger partial charge on any atom is -0.480 e. The smallest absolute Gasteiger partial charge is 0.322 e. The molecule has 1 aliphatic carbocycles. The first-order chi connectivity index (χ1) is 10.4. The summed E-state index contributed by atoms with van der Waals surface area (Å²) in [6.07, 6.45) is 2.20. The third kappa shape index (κ3) is 4.79. The van der Waals surface area contributed by atoms with E-state index < -0.39 is 22.2 Å². The van der Waals surface area contributed by atoms with E-state index in [0.717, 1.165) is 18.4 Å². The Labute approximate surface area is 131 Å². The second kappa shape index (κ2) is 7.21. The van der Waals surface area contributed by atoms with E-state index in [1.807, 2.05) is 6.07 Å². The lowest BCUT2D eigenvalue weighted by Gasteiger charge is -2.23. The minimum absolute atomic E-state index is 0.121. The highest BCUT2D eigenvalue weighted by atomic mass is 32.2. The van der Waals surface area contributed by atoms with Gasteiger partial charge in [-0.2, -0.15) is 17.4 Å². The number of rotatable bonds is 9. The summed E-state index contributed by atoms with van der Waals surface area (Å²) >= 11 is 0. The van der Waals surface area contributed by atoms with Gasteiger partial charge >= 0.3 is 5.97 Å². The molecule has 0 saturated heterocycles. The van der Waals surface area contributed by atoms with Crippen LogP contribution in [0.15, 0.2) is 30.3 Å². The van der Waals surface area contributed by atoms with Crippen LogP contribution >= 0.6 is 0 Å². The summed E-state index contributed by atoms with van der Waals surface area (Å²) < 4.78 is 28.4. The summed E-state index contributed by atoms with van der Waals surface area (Å²) in [5.41, 5.74) is 0.780. The molecule has 22 heavy (non-hydrogen) atoms. The standard InChI is InChI=1S/C15H22N2O4S/c1-2-17(11-13-8-9-13)22(20,21)16-14(15(18)19)10-12-6-4-3-5-7-12/h3-7,13-14,16H,2,8-11H2,1H3,(H,18,19)/t14-/m0/s1. The van der Waals surface area contributed by atoms with Crippen LogP contribution in [-0.4, -0.2) is 42.9 Å². The molecule has 0 radical (unpaired) electrons. The molecule has 1 aliphatic rings. The zero-order valence-corrected chi connectivity index (χ0v) is 13.4. The lowest BCUT2D eigenvalue weighted by molar-refractivity contribution is -0.138. The van der Waals surface area contributed by atoms with Crippen molar-refractivity contribution >= 4 is 16.2 Å². The van der Waals surface area contributed by atoms with Crippen LogP contribution in [0.1, 0.15) is 25.3 Å². The van der Waals surface area contributed by atoms with Gasteiger partial charge in [0.25, 0.3) is 10.2 Å². The van der Waals surface area contributed by atoms with Crippen molar-refractivity contribution in [2.45, 2.75) is 32.2 Å². The van der Waals surface area contributed by atoms with E-state index in [1.165, 1.54) is 4.31 Å². The SMILES string of the molecule is CCN(CC1CC1)S(=O)(=O)N[C@@H](Cc1ccccc1)C(=O)O. The van der Waals surface area contributed by atoms with Crippen molar-refractivity contribution in [3.05, 3.63) is 35.9 Å². The first kappa shape index (κ1) is 16.9. The van der Waals surface area contributed by atoms with Crippen LogP contribution in [0.4, 0.5) is 0 Å². The fraction of sp³-hybridized carbons (Fsp3) is 0.533. The molecular formula is C15H22N2O4S. The number of benzene rings is 1. The van der Waals surface area contributed by atoms with Crippen LogP contribution in [0.2, 0.25) is 0 Å². The molecule has 1 saturated carbocycles. The Morgan fingerprint density at radius 3 is 2.50 bits per heavy atom. The monoisotopic (exact) mass is 326 g/mol. The lowest BCUT2D eigenvalue weighted by Crippen LogP contribution is -2.49. The summed E-state index contributed by atoms with van der Waals surface area (Å²) in [5, 5.41) is 9.30. The van der Waals surface area contributed by atoms with Crippen molar-refractivity contribution in [2.75, 3.05) is 13.1 Å². The molecule has 0 bridgehead atoms. The number of nitrogens with one attached hydrogen (secondary N) is 1. The van der Waals surface area contributed by atoms with Crippen molar-refractivity contribution in [2.24, 2.45) is 5.92 Å². The van der Waals surface area contributed by atoms with E-state index in [1.54, 1.807) is 31.2 Å². The molecule has 1 aromatic carbocycles. The fourth-order valence-electron chi connectivity index (χ4n) is 2.27. The van der Waals surface area contributed by atoms with Gasteiger partial charge in [0.05, 0.1) is 0 Å². The van der Waals surface area contributed by atoms with Gasteiger partial charge in [0.15, 0.2) is 0 Å². The number of aliphatic carboxylic acids is 1. The predicted molar refractivity (Wildman–Crippen MR) is 83.6 cm³/mol. The molecule has 0 amide bonds. The first-order valence-corrected chi connectivity index (χ1v) is 8.90. The molecule has 6 nitrogen and oxygen atoms in total. The second-order valence-corrected chi connectivity index (χ2v) is 7.30. The van der Waals surface area contributed by atoms with E-state index in [-0.39, 0.29) is 6.42 Å². The van der Waals surface area contributed by atoms with Crippen LogP contribution in [0, 0.1) is 5.92 Å². The van der Waals surface area contributed by atoms with E-state index in [9.17, 15) is 18.3 Å². The molecule has 0 heterocycles. The van der Waals surface area contributed by atoms with Gasteiger partial charge in [0.2, 0.25) is 0 Å². The Morgan fingerprint density at radius 2 is 2.00 bits per heavy atom. The summed E-state index contributed by atoms with van der Waals surface area (Å²) in [6.45, 7) is 2.56. The molecule has 0 aromatic heterocycles. The molecule has 2 rings (SSSR count). The van der Waals surface area contributed by atoms with Gasteiger partial charge < -0.3 is 5.11 Å². The molecular weight excluding hydrogens is 304 g/mol. The van der Waals surface area contributed by atoms with E-state index in [2.05, 4.69) is 4.72 Å². The predicted octanol–water partition coefficient (Wildman–Crippen LogP) is 1.25. The summed E-state index contributed by atoms with van der Waals surface area (Å²) in [6, 6.07) is 7.83. The molecule has 1 aromatic rings. The van der Waals surface area contributed by atoms with Gasteiger partial charge in [-0.3, -0.25) is 4.79 Å². The van der Waals surface area contributed by atoms with Gasteiger partial charge in [-0.15, -0.1) is 0 Å². The van der Waals surface area contributed by atoms with Crippen LogP contribution in [-0.2, 0) is 21.4 Å². The Balaban J connectivity index is 2.06. The van der Waals surface area contributed by atoms with E-state index in [4.69, 9.17) is 0 Å². The fourth-order valence-corrected chi connectivity index (χ4v) is 3.71. The molecule has 122 valence electrons. The third-order valence-electron chi connectivity index (χ3n) is 3.72. The van der Waals surface area contributed by atoms with Gasteiger partial charge in [-0.05, 0) is 30.7 Å². The lowest BCUT2D eigenvalue weighted by atomic mass is 10.1. The van der Waals surface area contributed by atoms with Gasteiger partial charge in [0, 0.05) is 13.1 Å². The van der Waals surface area contributed by atoms with Crippen LogP contribution in [0.25, 0.3) is 0 Å². The number of hydrogen-bond donors (Lipinski definition) is 2. The molecule has 0 aliphatic heterocycles. The molecule has 0 spiro atoms. The topological polar surface area (TPSA) is 86.7 Å². The minimum atomic E-state index is -3.79. The highest BCUT2D eigenvalue weighted by Gasteiger charge is 2.32. The maximum absolute atomic E-state index is 12.4. The highest BCUT2D eigenvalue weighted by Crippen LogP contribution is 2.30. The van der Waals surface area contributed by atoms with Crippen molar-refractivity contribution in [3.8, 4) is 0 Å². The van der Waals surface area contributed by atoms with Crippen molar-refractivity contribution in [1.29, 1.82) is 0 Å². The maximum Gasteiger partial charge on any atom is 0.322 e. The van der Waals surface area contributed by atoms with Crippen LogP contribution in [0.5, 0.6) is 0 Å². The number of carboxylic acids is 1. The second-order valence-electron chi connectivity index (χ2n) is 5.60. The van der Waals surface area contributed by atoms with E-state index >= 15 is 0 Å². The molecule has 1 atom stereocenters. The quantitative estimate of drug-likeness (QED) is 0.715. The highest BCUT2D eigenvalue weighted by molar-refractivity contribution is 7.87. The number of carbonyl (C=O) groups is 1. The summed E-state index contributed by atoms with van der Waals surface area (Å²) in [4.78, 5) is 11.4. The Bertz CT molecular complexity index is 599. The van der Waals surface area contributed by atoms with Crippen molar-refractivity contribution < 1.29 is 18.3 Å². The summed E-state index contributed by atoms with van der Waals surface area (Å²) in [5.74, 6) is -0.760. The average molecular weight is 326 g/mol. The molecule has 1 fully saturated rings. The van der Waals surface area contributed by atoms with Crippen molar-refractivity contribution in [3.63, 3.8) is 0 Å².